The molecule has 0 radical (unpaired) electrons. The molecule has 0 aliphatic heterocycles. The van der Waals surface area contributed by atoms with Crippen molar-refractivity contribution >= 4 is 81.2 Å². The molecule has 4 nitrogen and oxygen atoms in total. The summed E-state index contributed by atoms with van der Waals surface area (Å²) < 4.78 is 0. The molecule has 0 spiro atoms. The lowest BCUT2D eigenvalue weighted by atomic mass is 9.85. The number of halogens is 7. The van der Waals surface area contributed by atoms with Crippen molar-refractivity contribution in [2.45, 2.75) is 0 Å². The summed E-state index contributed by atoms with van der Waals surface area (Å²) in [5.41, 5.74) is 5.37. The van der Waals surface area contributed by atoms with Gasteiger partial charge in [-0.25, -0.2) is 9.97 Å². The van der Waals surface area contributed by atoms with Crippen molar-refractivity contribution in [1.82, 2.24) is 19.9 Å². The van der Waals surface area contributed by atoms with Crippen LogP contribution >= 0.6 is 81.2 Å². The van der Waals surface area contributed by atoms with Crippen LogP contribution in [-0.2, 0) is 0 Å². The molecule has 6 aromatic rings. The van der Waals surface area contributed by atoms with E-state index < -0.39 is 0 Å². The molecule has 216 valence electrons. The van der Waals surface area contributed by atoms with E-state index >= 15 is 0 Å². The molecule has 0 aliphatic rings. The lowest BCUT2D eigenvalue weighted by Gasteiger charge is -2.19. The molecule has 4 aromatic heterocycles. The third-order valence-electron chi connectivity index (χ3n) is 6.61. The maximum atomic E-state index is 6.96. The minimum Gasteiger partial charge on any atom is -0.255 e. The Morgan fingerprint density at radius 1 is 0.455 bits per heavy atom. The van der Waals surface area contributed by atoms with Crippen LogP contribution in [0.4, 0.5) is 0 Å². The van der Waals surface area contributed by atoms with Crippen molar-refractivity contribution < 1.29 is 0 Å². The molecule has 0 atom stereocenters. The Morgan fingerprint density at radius 2 is 0.932 bits per heavy atom. The van der Waals surface area contributed by atoms with E-state index in [0.717, 1.165) is 5.56 Å². The van der Waals surface area contributed by atoms with E-state index in [4.69, 9.17) is 91.2 Å². The summed E-state index contributed by atoms with van der Waals surface area (Å²) in [6, 6.07) is 25.0. The number of aromatic nitrogens is 4. The molecule has 2 aromatic carbocycles. The van der Waals surface area contributed by atoms with Gasteiger partial charge in [-0.15, -0.1) is 0 Å². The Balaban J connectivity index is 1.54. The average Bonchev–Trinajstić information content (AvgIpc) is 3.00. The van der Waals surface area contributed by atoms with Gasteiger partial charge in [-0.2, -0.15) is 0 Å². The first-order valence-electron chi connectivity index (χ1n) is 12.9. The van der Waals surface area contributed by atoms with E-state index in [0.29, 0.717) is 61.1 Å². The zero-order valence-electron chi connectivity index (χ0n) is 22.2. The van der Waals surface area contributed by atoms with Crippen molar-refractivity contribution in [3.63, 3.8) is 0 Å². The molecule has 0 saturated heterocycles. The number of benzene rings is 2. The molecular weight excluding hydrogens is 701 g/mol. The van der Waals surface area contributed by atoms with Crippen molar-refractivity contribution in [3.8, 4) is 34.0 Å². The van der Waals surface area contributed by atoms with Crippen LogP contribution in [0.1, 0.15) is 16.7 Å². The molecule has 0 N–H and O–H groups in total. The van der Waals surface area contributed by atoms with Gasteiger partial charge in [0.25, 0.3) is 0 Å². The van der Waals surface area contributed by atoms with Crippen molar-refractivity contribution in [2.24, 2.45) is 0 Å². The Bertz CT molecular complexity index is 1840. The number of hydrogen-bond acceptors (Lipinski definition) is 4. The van der Waals surface area contributed by atoms with Crippen molar-refractivity contribution in [3.05, 3.63) is 155 Å². The largest absolute Gasteiger partial charge is 0.255 e. The summed E-state index contributed by atoms with van der Waals surface area (Å²) in [5, 5.41) is 1.96. The van der Waals surface area contributed by atoms with E-state index in [-0.39, 0.29) is 25.2 Å². The standard InChI is InChI=1S/C33H16Cl7N4/c34-18-13-21(36)31(22(37)14-18)30(32-23(38)15-19(35)16-24(32)39)20-7-8-25(44-33(20)40)17-11-28(26-5-1-3-9-41-26)43-29(12-17)27-6-2-4-10-42-27/h1-16H/q+1. The van der Waals surface area contributed by atoms with Crippen LogP contribution in [0.2, 0.25) is 35.3 Å². The van der Waals surface area contributed by atoms with Crippen LogP contribution in [0.15, 0.2) is 97.3 Å². The smallest absolute Gasteiger partial charge is 0.183 e. The molecule has 0 bridgehead atoms. The van der Waals surface area contributed by atoms with Gasteiger partial charge < -0.3 is 0 Å². The first kappa shape index (κ1) is 30.9. The molecule has 11 heteroatoms. The summed E-state index contributed by atoms with van der Waals surface area (Å²) in [5.74, 6) is 0.463. The monoisotopic (exact) mass is 713 g/mol. The third kappa shape index (κ3) is 6.35. The predicted molar refractivity (Wildman–Crippen MR) is 182 cm³/mol. The summed E-state index contributed by atoms with van der Waals surface area (Å²) in [7, 11) is 0. The molecule has 0 aliphatic carbocycles. The average molecular weight is 717 g/mol. The van der Waals surface area contributed by atoms with E-state index in [2.05, 4.69) is 9.97 Å². The second kappa shape index (κ2) is 13.1. The van der Waals surface area contributed by atoms with Crippen LogP contribution in [0.3, 0.4) is 0 Å². The van der Waals surface area contributed by atoms with Crippen molar-refractivity contribution in [2.75, 3.05) is 0 Å². The molecule has 0 saturated carbocycles. The number of rotatable bonds is 6. The first-order chi connectivity index (χ1) is 21.2. The molecule has 44 heavy (non-hydrogen) atoms. The highest BCUT2D eigenvalue weighted by Gasteiger charge is 2.35. The second-order valence-corrected chi connectivity index (χ2v) is 12.3. The van der Waals surface area contributed by atoms with Gasteiger partial charge in [-0.05, 0) is 107 Å². The first-order valence-corrected chi connectivity index (χ1v) is 15.5. The predicted octanol–water partition coefficient (Wildman–Crippen LogP) is 11.9. The second-order valence-electron chi connectivity index (χ2n) is 9.45. The molecule has 4 heterocycles. The van der Waals surface area contributed by atoms with Crippen LogP contribution in [-0.4, -0.2) is 19.9 Å². The summed E-state index contributed by atoms with van der Waals surface area (Å²) in [6.07, 6.45) is 3.43. The summed E-state index contributed by atoms with van der Waals surface area (Å²) >= 11 is 46.3. The Kier molecular flexibility index (Phi) is 9.23. The fraction of sp³-hybridized carbons (Fsp3) is 0. The topological polar surface area (TPSA) is 51.6 Å². The quantitative estimate of drug-likeness (QED) is 0.127. The normalized spacial score (nSPS) is 11.1. The third-order valence-corrected chi connectivity index (χ3v) is 8.52. The SMILES string of the molecule is Clc1cc(Cl)c([C+](c2ccc(-c3cc(-c4ccccn4)nc(-c4ccccn4)c3)nc2Cl)c2c(Cl)cc(Cl)cc2Cl)c(Cl)c1. The zero-order valence-corrected chi connectivity index (χ0v) is 27.5. The van der Waals surface area contributed by atoms with Gasteiger partial charge in [-0.3, -0.25) is 9.97 Å². The van der Waals surface area contributed by atoms with E-state index in [9.17, 15) is 0 Å². The molecule has 0 amide bonds. The maximum absolute atomic E-state index is 6.96. The molecule has 0 unspecified atom stereocenters. The van der Waals surface area contributed by atoms with Gasteiger partial charge in [0.05, 0.1) is 81.2 Å². The summed E-state index contributed by atoms with van der Waals surface area (Å²) in [4.78, 5) is 18.6. The van der Waals surface area contributed by atoms with Crippen molar-refractivity contribution in [1.29, 1.82) is 0 Å². The molecule has 6 rings (SSSR count). The summed E-state index contributed by atoms with van der Waals surface area (Å²) in [6.45, 7) is 0. The molecule has 0 fully saturated rings. The Hall–Kier alpha value is -3.06. The van der Waals surface area contributed by atoms with Gasteiger partial charge in [0.1, 0.15) is 0 Å². The van der Waals surface area contributed by atoms with Gasteiger partial charge in [0.2, 0.25) is 0 Å². The lowest BCUT2D eigenvalue weighted by molar-refractivity contribution is 1.18. The van der Waals surface area contributed by atoms with Gasteiger partial charge in [-0.1, -0.05) is 35.3 Å². The number of nitrogens with zero attached hydrogens (tertiary/aromatic N) is 4. The van der Waals surface area contributed by atoms with E-state index in [1.54, 1.807) is 36.7 Å². The Labute approximate surface area is 288 Å². The minimum absolute atomic E-state index is 0.150. The number of pyridine rings is 4. The van der Waals surface area contributed by atoms with E-state index in [1.807, 2.05) is 60.7 Å². The highest BCUT2D eigenvalue weighted by molar-refractivity contribution is 6.42. The molecular formula is C33H16Cl7N4+. The fourth-order valence-corrected chi connectivity index (χ4v) is 6.97. The van der Waals surface area contributed by atoms with Crippen LogP contribution in [0.25, 0.3) is 34.0 Å². The van der Waals surface area contributed by atoms with E-state index in [1.165, 1.54) is 0 Å². The maximum Gasteiger partial charge on any atom is 0.183 e. The van der Waals surface area contributed by atoms with Gasteiger partial charge >= 0.3 is 0 Å². The van der Waals surface area contributed by atoms with Crippen LogP contribution in [0.5, 0.6) is 0 Å². The number of hydrogen-bond donors (Lipinski definition) is 0. The van der Waals surface area contributed by atoms with Crippen LogP contribution < -0.4 is 0 Å². The highest BCUT2D eigenvalue weighted by atomic mass is 35.5. The highest BCUT2D eigenvalue weighted by Crippen LogP contribution is 2.47. The van der Waals surface area contributed by atoms with Gasteiger partial charge in [0.15, 0.2) is 5.15 Å². The van der Waals surface area contributed by atoms with Gasteiger partial charge in [0, 0.05) is 42.2 Å². The minimum atomic E-state index is 0.150. The van der Waals surface area contributed by atoms with Crippen LogP contribution in [0, 0.1) is 5.92 Å². The zero-order chi connectivity index (χ0) is 31.0. The lowest BCUT2D eigenvalue weighted by Crippen LogP contribution is -2.10. The Morgan fingerprint density at radius 3 is 1.34 bits per heavy atom. The fourth-order valence-electron chi connectivity index (χ4n) is 4.71.